The highest BCUT2D eigenvalue weighted by atomic mass is 16.5. The number of aliphatic hydroxyl groups is 1. The molecule has 1 unspecified atom stereocenters. The van der Waals surface area contributed by atoms with Crippen molar-refractivity contribution in [3.63, 3.8) is 0 Å². The second-order valence-electron chi connectivity index (χ2n) is 7.29. The fraction of sp³-hybridized carbons (Fsp3) is 0.682. The Hall–Kier alpha value is -1.53. The number of carbonyl (C=O) groups is 1. The SMILES string of the molecule is CC#CCCC/C=C/C1[C@H](O)C[C@@H]2CC(=CCCCC(=O)OC)C[C@H]12. The molecule has 0 heterocycles. The van der Waals surface area contributed by atoms with Gasteiger partial charge < -0.3 is 9.84 Å². The molecule has 0 radical (unpaired) electrons. The number of allylic oxidation sites excluding steroid dienone is 3. The van der Waals surface area contributed by atoms with E-state index < -0.39 is 0 Å². The summed E-state index contributed by atoms with van der Waals surface area (Å²) in [5.41, 5.74) is 1.52. The van der Waals surface area contributed by atoms with E-state index in [0.717, 1.165) is 51.4 Å². The van der Waals surface area contributed by atoms with Crippen molar-refractivity contribution >= 4 is 5.97 Å². The molecule has 0 aromatic heterocycles. The average Bonchev–Trinajstić information content (AvgIpc) is 3.11. The van der Waals surface area contributed by atoms with Crippen molar-refractivity contribution in [3.8, 4) is 11.8 Å². The summed E-state index contributed by atoms with van der Waals surface area (Å²) < 4.78 is 4.67. The number of rotatable bonds is 8. The van der Waals surface area contributed by atoms with Gasteiger partial charge in [0.15, 0.2) is 0 Å². The molecule has 25 heavy (non-hydrogen) atoms. The van der Waals surface area contributed by atoms with Gasteiger partial charge in [0.25, 0.3) is 0 Å². The molecule has 0 aromatic carbocycles. The highest BCUT2D eigenvalue weighted by Crippen LogP contribution is 2.50. The molecule has 1 N–H and O–H groups in total. The van der Waals surface area contributed by atoms with E-state index in [2.05, 4.69) is 34.8 Å². The van der Waals surface area contributed by atoms with E-state index in [-0.39, 0.29) is 12.1 Å². The van der Waals surface area contributed by atoms with E-state index in [9.17, 15) is 9.90 Å². The molecular weight excluding hydrogens is 312 g/mol. The summed E-state index contributed by atoms with van der Waals surface area (Å²) in [5.74, 6) is 7.42. The van der Waals surface area contributed by atoms with Crippen LogP contribution < -0.4 is 0 Å². The van der Waals surface area contributed by atoms with Gasteiger partial charge in [-0.2, -0.15) is 0 Å². The maximum absolute atomic E-state index is 11.1. The van der Waals surface area contributed by atoms with Gasteiger partial charge in [0.05, 0.1) is 13.2 Å². The predicted molar refractivity (Wildman–Crippen MR) is 101 cm³/mol. The van der Waals surface area contributed by atoms with E-state index in [1.54, 1.807) is 0 Å². The van der Waals surface area contributed by atoms with Crippen LogP contribution in [0.3, 0.4) is 0 Å². The lowest BCUT2D eigenvalue weighted by molar-refractivity contribution is -0.140. The van der Waals surface area contributed by atoms with Crippen LogP contribution >= 0.6 is 0 Å². The summed E-state index contributed by atoms with van der Waals surface area (Å²) in [6.45, 7) is 1.88. The second kappa shape index (κ2) is 10.5. The number of hydrogen-bond donors (Lipinski definition) is 1. The zero-order chi connectivity index (χ0) is 18.1. The molecule has 0 saturated heterocycles. The summed E-state index contributed by atoms with van der Waals surface area (Å²) >= 11 is 0. The molecule has 0 spiro atoms. The third-order valence-electron chi connectivity index (χ3n) is 5.56. The molecule has 0 aromatic rings. The van der Waals surface area contributed by atoms with Crippen LogP contribution in [0.5, 0.6) is 0 Å². The Morgan fingerprint density at radius 1 is 1.32 bits per heavy atom. The maximum Gasteiger partial charge on any atom is 0.305 e. The zero-order valence-corrected chi connectivity index (χ0v) is 15.7. The maximum atomic E-state index is 11.1. The van der Waals surface area contributed by atoms with Crippen LogP contribution in [0.2, 0.25) is 0 Å². The number of unbranched alkanes of at least 4 members (excludes halogenated alkanes) is 3. The van der Waals surface area contributed by atoms with Crippen molar-refractivity contribution in [2.24, 2.45) is 17.8 Å². The van der Waals surface area contributed by atoms with Gasteiger partial charge in [0.2, 0.25) is 0 Å². The molecule has 2 aliphatic rings. The van der Waals surface area contributed by atoms with Crippen LogP contribution in [0.25, 0.3) is 0 Å². The molecule has 0 aliphatic heterocycles. The molecule has 3 heteroatoms. The molecule has 4 atom stereocenters. The monoisotopic (exact) mass is 344 g/mol. The fourth-order valence-electron chi connectivity index (χ4n) is 4.28. The lowest BCUT2D eigenvalue weighted by atomic mass is 9.90. The first kappa shape index (κ1) is 19.8. The van der Waals surface area contributed by atoms with Crippen LogP contribution in [0.4, 0.5) is 0 Å². The van der Waals surface area contributed by atoms with Crippen LogP contribution in [-0.4, -0.2) is 24.3 Å². The first-order valence-corrected chi connectivity index (χ1v) is 9.64. The molecule has 138 valence electrons. The summed E-state index contributed by atoms with van der Waals surface area (Å²) in [4.78, 5) is 11.1. The minimum atomic E-state index is -0.178. The van der Waals surface area contributed by atoms with Gasteiger partial charge in [0, 0.05) is 18.8 Å². The van der Waals surface area contributed by atoms with E-state index in [4.69, 9.17) is 0 Å². The number of ether oxygens (including phenoxy) is 1. The Balaban J connectivity index is 1.78. The Morgan fingerprint density at radius 3 is 2.92 bits per heavy atom. The van der Waals surface area contributed by atoms with Gasteiger partial charge in [-0.25, -0.2) is 0 Å². The molecular formula is C22H32O3. The van der Waals surface area contributed by atoms with Crippen molar-refractivity contribution in [2.45, 2.75) is 70.8 Å². The zero-order valence-electron chi connectivity index (χ0n) is 15.7. The predicted octanol–water partition coefficient (Wildman–Crippen LogP) is 4.41. The van der Waals surface area contributed by atoms with E-state index >= 15 is 0 Å². The van der Waals surface area contributed by atoms with Crippen LogP contribution in [0, 0.1) is 29.6 Å². The lowest BCUT2D eigenvalue weighted by Gasteiger charge is -2.17. The normalized spacial score (nSPS) is 29.6. The van der Waals surface area contributed by atoms with E-state index in [1.165, 1.54) is 12.7 Å². The van der Waals surface area contributed by atoms with E-state index in [1.807, 2.05) is 6.92 Å². The Labute approximate surface area is 152 Å². The van der Waals surface area contributed by atoms with Crippen molar-refractivity contribution in [1.82, 2.24) is 0 Å². The number of fused-ring (bicyclic) bond motifs is 1. The topological polar surface area (TPSA) is 46.5 Å². The molecule has 2 rings (SSSR count). The number of methoxy groups -OCH3 is 1. The quantitative estimate of drug-likeness (QED) is 0.307. The highest BCUT2D eigenvalue weighted by molar-refractivity contribution is 5.69. The fourth-order valence-corrected chi connectivity index (χ4v) is 4.28. The minimum absolute atomic E-state index is 0.125. The summed E-state index contributed by atoms with van der Waals surface area (Å²) in [6, 6.07) is 0. The Morgan fingerprint density at radius 2 is 2.16 bits per heavy atom. The summed E-state index contributed by atoms with van der Waals surface area (Å²) in [7, 11) is 1.44. The second-order valence-corrected chi connectivity index (χ2v) is 7.29. The molecule has 2 fully saturated rings. The molecule has 3 nitrogen and oxygen atoms in total. The number of carbonyl (C=O) groups excluding carboxylic acids is 1. The summed E-state index contributed by atoms with van der Waals surface area (Å²) in [5, 5.41) is 10.4. The molecule has 2 saturated carbocycles. The Kier molecular flexibility index (Phi) is 8.28. The lowest BCUT2D eigenvalue weighted by Crippen LogP contribution is -2.16. The van der Waals surface area contributed by atoms with Gasteiger partial charge in [-0.3, -0.25) is 4.79 Å². The number of aliphatic hydroxyl groups excluding tert-OH is 1. The third-order valence-corrected chi connectivity index (χ3v) is 5.56. The van der Waals surface area contributed by atoms with Gasteiger partial charge in [-0.15, -0.1) is 11.8 Å². The largest absolute Gasteiger partial charge is 0.469 e. The van der Waals surface area contributed by atoms with E-state index in [0.29, 0.717) is 24.2 Å². The number of esters is 1. The van der Waals surface area contributed by atoms with Crippen LogP contribution in [-0.2, 0) is 9.53 Å². The Bertz CT molecular complexity index is 549. The van der Waals surface area contributed by atoms with Gasteiger partial charge in [0.1, 0.15) is 0 Å². The number of hydrogen-bond acceptors (Lipinski definition) is 3. The molecule has 2 aliphatic carbocycles. The average molecular weight is 344 g/mol. The first-order valence-electron chi connectivity index (χ1n) is 9.64. The van der Waals surface area contributed by atoms with Crippen molar-refractivity contribution in [2.75, 3.05) is 7.11 Å². The van der Waals surface area contributed by atoms with Crippen LogP contribution in [0.1, 0.15) is 64.7 Å². The smallest absolute Gasteiger partial charge is 0.305 e. The van der Waals surface area contributed by atoms with Crippen LogP contribution in [0.15, 0.2) is 23.8 Å². The van der Waals surface area contributed by atoms with Gasteiger partial charge in [-0.05, 0) is 63.7 Å². The highest BCUT2D eigenvalue weighted by Gasteiger charge is 2.44. The molecule has 0 bridgehead atoms. The minimum Gasteiger partial charge on any atom is -0.469 e. The van der Waals surface area contributed by atoms with Gasteiger partial charge in [-0.1, -0.05) is 23.8 Å². The first-order chi connectivity index (χ1) is 12.2. The standard InChI is InChI=1S/C22H32O3/c1-3-4-5-6-7-8-12-19-20-15-17(14-18(20)16-21(19)23)11-9-10-13-22(24)25-2/h8,11-12,18-21,23H,5-7,9-10,13-16H2,1-2H3/b12-8+,17-11?/t18-,19?,20-,21+/m0/s1. The third kappa shape index (κ3) is 6.04. The van der Waals surface area contributed by atoms with Gasteiger partial charge >= 0.3 is 5.97 Å². The van der Waals surface area contributed by atoms with Crippen molar-refractivity contribution < 1.29 is 14.6 Å². The van der Waals surface area contributed by atoms with Crippen molar-refractivity contribution in [3.05, 3.63) is 23.8 Å². The van der Waals surface area contributed by atoms with Crippen molar-refractivity contribution in [1.29, 1.82) is 0 Å². The molecule has 0 amide bonds. The summed E-state index contributed by atoms with van der Waals surface area (Å²) in [6.07, 6.45) is 15.2.